The molecule has 0 spiro atoms. The largest absolute Gasteiger partial charge is 0.465 e. The Labute approximate surface area is 136 Å². The molecule has 0 aromatic heterocycles. The summed E-state index contributed by atoms with van der Waals surface area (Å²) in [7, 11) is -3.10. The molecule has 0 fully saturated rings. The van der Waals surface area contributed by atoms with Gasteiger partial charge >= 0.3 is 5.97 Å². The number of hydrogen-bond donors (Lipinski definition) is 2. The minimum atomic E-state index is -4.15. The van der Waals surface area contributed by atoms with Crippen molar-refractivity contribution in [3.8, 4) is 0 Å². The zero-order valence-electron chi connectivity index (χ0n) is 13.7. The highest BCUT2D eigenvalue weighted by Gasteiger charge is 2.33. The Morgan fingerprint density at radius 3 is 2.52 bits per heavy atom. The quantitative estimate of drug-likeness (QED) is 0.732. The molecule has 3 N–H and O–H groups in total. The molecule has 1 aromatic rings. The van der Waals surface area contributed by atoms with Gasteiger partial charge in [0.2, 0.25) is 10.0 Å². The van der Waals surface area contributed by atoms with E-state index in [0.29, 0.717) is 6.42 Å². The molecule has 0 radical (unpaired) electrons. The number of nitrogens with two attached hydrogens (primary N) is 1. The van der Waals surface area contributed by atoms with Gasteiger partial charge in [0, 0.05) is 12.1 Å². The van der Waals surface area contributed by atoms with Crippen LogP contribution in [0.15, 0.2) is 23.1 Å². The van der Waals surface area contributed by atoms with Crippen LogP contribution in [-0.4, -0.2) is 33.6 Å². The van der Waals surface area contributed by atoms with Gasteiger partial charge in [-0.1, -0.05) is 19.9 Å². The van der Waals surface area contributed by atoms with Crippen LogP contribution in [0.5, 0.6) is 0 Å². The SMILES string of the molecule is COC(=O)c1c(F)cccc1S(=O)(=O)NC(C)(CN)CC(C)C. The maximum atomic E-state index is 13.9. The molecule has 6 nitrogen and oxygen atoms in total. The van der Waals surface area contributed by atoms with Gasteiger partial charge in [-0.25, -0.2) is 22.3 Å². The fourth-order valence-corrected chi connectivity index (χ4v) is 4.11. The van der Waals surface area contributed by atoms with E-state index in [2.05, 4.69) is 9.46 Å². The zero-order chi connectivity index (χ0) is 17.8. The van der Waals surface area contributed by atoms with E-state index in [-0.39, 0.29) is 12.5 Å². The van der Waals surface area contributed by atoms with Gasteiger partial charge in [0.1, 0.15) is 11.4 Å². The predicted molar refractivity (Wildman–Crippen MR) is 85.0 cm³/mol. The molecule has 1 aromatic carbocycles. The Morgan fingerprint density at radius 2 is 2.04 bits per heavy atom. The summed E-state index contributed by atoms with van der Waals surface area (Å²) in [6.07, 6.45) is 0.492. The van der Waals surface area contributed by atoms with Gasteiger partial charge in [-0.05, 0) is 31.4 Å². The summed E-state index contributed by atoms with van der Waals surface area (Å²) in [5.74, 6) is -1.82. The van der Waals surface area contributed by atoms with Crippen LogP contribution in [0.2, 0.25) is 0 Å². The van der Waals surface area contributed by atoms with E-state index in [1.165, 1.54) is 6.07 Å². The van der Waals surface area contributed by atoms with E-state index < -0.39 is 37.8 Å². The third kappa shape index (κ3) is 4.73. The molecule has 1 atom stereocenters. The number of hydrogen-bond acceptors (Lipinski definition) is 5. The molecule has 0 aliphatic carbocycles. The third-order valence-electron chi connectivity index (χ3n) is 3.34. The monoisotopic (exact) mass is 346 g/mol. The highest BCUT2D eigenvalue weighted by atomic mass is 32.2. The molecule has 0 saturated heterocycles. The number of rotatable bonds is 7. The normalized spacial score (nSPS) is 14.6. The van der Waals surface area contributed by atoms with Crippen LogP contribution in [0.1, 0.15) is 37.6 Å². The number of halogens is 1. The van der Waals surface area contributed by atoms with Crippen molar-refractivity contribution >= 4 is 16.0 Å². The highest BCUT2D eigenvalue weighted by molar-refractivity contribution is 7.89. The third-order valence-corrected chi connectivity index (χ3v) is 5.03. The first kappa shape index (κ1) is 19.5. The second-order valence-corrected chi connectivity index (χ2v) is 7.72. The summed E-state index contributed by atoms with van der Waals surface area (Å²) in [4.78, 5) is 11.3. The van der Waals surface area contributed by atoms with Crippen molar-refractivity contribution in [3.63, 3.8) is 0 Å². The molecule has 0 heterocycles. The number of carbonyl (C=O) groups excluding carboxylic acids is 1. The lowest BCUT2D eigenvalue weighted by atomic mass is 9.92. The molecule has 0 aliphatic heterocycles. The van der Waals surface area contributed by atoms with Crippen molar-refractivity contribution < 1.29 is 22.3 Å². The lowest BCUT2D eigenvalue weighted by molar-refractivity contribution is 0.0590. The van der Waals surface area contributed by atoms with Gasteiger partial charge < -0.3 is 10.5 Å². The number of benzene rings is 1. The Balaban J connectivity index is 3.34. The van der Waals surface area contributed by atoms with Crippen molar-refractivity contribution in [2.45, 2.75) is 37.6 Å². The van der Waals surface area contributed by atoms with Crippen LogP contribution < -0.4 is 10.5 Å². The van der Waals surface area contributed by atoms with E-state index in [4.69, 9.17) is 5.73 Å². The molecule has 130 valence electrons. The first-order chi connectivity index (χ1) is 10.6. The van der Waals surface area contributed by atoms with Gasteiger partial charge in [-0.2, -0.15) is 0 Å². The molecular weight excluding hydrogens is 323 g/mol. The lowest BCUT2D eigenvalue weighted by Gasteiger charge is -2.31. The van der Waals surface area contributed by atoms with Crippen LogP contribution >= 0.6 is 0 Å². The van der Waals surface area contributed by atoms with Crippen LogP contribution in [0, 0.1) is 11.7 Å². The average molecular weight is 346 g/mol. The fraction of sp³-hybridized carbons (Fsp3) is 0.533. The molecule has 1 unspecified atom stereocenters. The maximum absolute atomic E-state index is 13.9. The first-order valence-electron chi connectivity index (χ1n) is 7.17. The number of nitrogens with one attached hydrogen (secondary N) is 1. The molecule has 0 amide bonds. The van der Waals surface area contributed by atoms with E-state index in [9.17, 15) is 17.6 Å². The fourth-order valence-electron chi connectivity index (χ4n) is 2.48. The molecule has 23 heavy (non-hydrogen) atoms. The summed E-state index contributed by atoms with van der Waals surface area (Å²) < 4.78 is 46.2. The predicted octanol–water partition coefficient (Wildman–Crippen LogP) is 1.65. The number of methoxy groups -OCH3 is 1. The highest BCUT2D eigenvalue weighted by Crippen LogP contribution is 2.23. The minimum absolute atomic E-state index is 0.0628. The van der Waals surface area contributed by atoms with Gasteiger partial charge in [0.15, 0.2) is 0 Å². The molecule has 0 aliphatic rings. The topological polar surface area (TPSA) is 98.5 Å². The summed E-state index contributed by atoms with van der Waals surface area (Å²) >= 11 is 0. The Kier molecular flexibility index (Phi) is 6.26. The van der Waals surface area contributed by atoms with E-state index in [1.807, 2.05) is 13.8 Å². The average Bonchev–Trinajstić information content (AvgIpc) is 2.44. The Morgan fingerprint density at radius 1 is 1.43 bits per heavy atom. The second kappa shape index (κ2) is 7.37. The standard InChI is InChI=1S/C15H23FN2O4S/c1-10(2)8-15(3,9-17)18-23(20,21)12-7-5-6-11(16)13(12)14(19)22-4/h5-7,10,18H,8-9,17H2,1-4H3. The molecule has 1 rings (SSSR count). The number of ether oxygens (including phenoxy) is 1. The summed E-state index contributed by atoms with van der Waals surface area (Å²) in [6, 6.07) is 3.38. The second-order valence-electron chi connectivity index (χ2n) is 6.07. The van der Waals surface area contributed by atoms with E-state index in [0.717, 1.165) is 19.2 Å². The van der Waals surface area contributed by atoms with E-state index >= 15 is 0 Å². The summed E-state index contributed by atoms with van der Waals surface area (Å²) in [5, 5.41) is 0. The summed E-state index contributed by atoms with van der Waals surface area (Å²) in [6.45, 7) is 5.60. The minimum Gasteiger partial charge on any atom is -0.465 e. The smallest absolute Gasteiger partial charge is 0.342 e. The molecule has 0 saturated carbocycles. The van der Waals surface area contributed by atoms with Crippen molar-refractivity contribution in [2.75, 3.05) is 13.7 Å². The number of esters is 1. The first-order valence-corrected chi connectivity index (χ1v) is 8.65. The maximum Gasteiger partial charge on any atom is 0.342 e. The Bertz CT molecular complexity index is 676. The van der Waals surface area contributed by atoms with Crippen molar-refractivity contribution in [1.82, 2.24) is 4.72 Å². The van der Waals surface area contributed by atoms with Crippen LogP contribution in [0.3, 0.4) is 0 Å². The van der Waals surface area contributed by atoms with Crippen molar-refractivity contribution in [2.24, 2.45) is 11.7 Å². The van der Waals surface area contributed by atoms with Crippen molar-refractivity contribution in [1.29, 1.82) is 0 Å². The van der Waals surface area contributed by atoms with Crippen molar-refractivity contribution in [3.05, 3.63) is 29.6 Å². The van der Waals surface area contributed by atoms with Gasteiger partial charge in [-0.3, -0.25) is 0 Å². The van der Waals surface area contributed by atoms with Crippen LogP contribution in [-0.2, 0) is 14.8 Å². The van der Waals surface area contributed by atoms with Gasteiger partial charge in [0.05, 0.1) is 12.0 Å². The van der Waals surface area contributed by atoms with E-state index in [1.54, 1.807) is 6.92 Å². The van der Waals surface area contributed by atoms with Crippen LogP contribution in [0.4, 0.5) is 4.39 Å². The lowest BCUT2D eigenvalue weighted by Crippen LogP contribution is -2.52. The molecule has 0 bridgehead atoms. The number of carbonyl (C=O) groups is 1. The summed E-state index contributed by atoms with van der Waals surface area (Å²) in [5.41, 5.74) is 4.17. The number of sulfonamides is 1. The van der Waals surface area contributed by atoms with Crippen LogP contribution in [0.25, 0.3) is 0 Å². The zero-order valence-corrected chi connectivity index (χ0v) is 14.5. The van der Waals surface area contributed by atoms with Gasteiger partial charge in [0.25, 0.3) is 0 Å². The molecular formula is C15H23FN2O4S. The van der Waals surface area contributed by atoms with Gasteiger partial charge in [-0.15, -0.1) is 0 Å². The molecule has 8 heteroatoms. The Hall–Kier alpha value is -1.51.